The van der Waals surface area contributed by atoms with Crippen LogP contribution < -0.4 is 5.32 Å². The maximum absolute atomic E-state index is 12.7. The van der Waals surface area contributed by atoms with E-state index in [1.165, 1.54) is 42.4 Å². The Bertz CT molecular complexity index is 1160. The van der Waals surface area contributed by atoms with Crippen LogP contribution in [0.25, 0.3) is 0 Å². The van der Waals surface area contributed by atoms with Crippen LogP contribution in [-0.2, 0) is 24.3 Å². The number of aromatic amines is 1. The highest BCUT2D eigenvalue weighted by molar-refractivity contribution is 7.89. The van der Waals surface area contributed by atoms with E-state index in [-0.39, 0.29) is 29.5 Å². The molecule has 0 aliphatic carbocycles. The summed E-state index contributed by atoms with van der Waals surface area (Å²) in [6, 6.07) is 5.76. The van der Waals surface area contributed by atoms with Crippen molar-refractivity contribution >= 4 is 33.4 Å². The van der Waals surface area contributed by atoms with Crippen LogP contribution in [0.2, 0.25) is 0 Å². The number of amides is 1. The second-order valence-corrected chi connectivity index (χ2v) is 9.70. The molecule has 1 atom stereocenters. The first-order valence-electron chi connectivity index (χ1n) is 10.4. The van der Waals surface area contributed by atoms with Gasteiger partial charge >= 0.3 is 5.97 Å². The van der Waals surface area contributed by atoms with Crippen molar-refractivity contribution in [3.05, 3.63) is 46.8 Å². The second kappa shape index (κ2) is 9.86. The standard InChI is InChI=1S/C22H27N3O7S/c1-13-19(15(3)26)14(2)23-20(13)22(28)32-16(4)21(27)24-17-5-7-18(8-6-17)33(29,30)25-9-11-31-12-10-25/h5-8,16,23H,9-12H2,1-4H3,(H,24,27)/t16-/m1/s1. The number of aromatic nitrogens is 1. The number of esters is 1. The first-order valence-corrected chi connectivity index (χ1v) is 11.9. The van der Waals surface area contributed by atoms with E-state index in [0.717, 1.165) is 0 Å². The van der Waals surface area contributed by atoms with E-state index < -0.39 is 28.0 Å². The molecule has 0 saturated carbocycles. The zero-order valence-corrected chi connectivity index (χ0v) is 19.7. The van der Waals surface area contributed by atoms with Crippen molar-refractivity contribution in [2.75, 3.05) is 31.6 Å². The fraction of sp³-hybridized carbons (Fsp3) is 0.409. The normalized spacial score (nSPS) is 15.6. The molecule has 1 fully saturated rings. The highest BCUT2D eigenvalue weighted by Gasteiger charge is 2.27. The fourth-order valence-electron chi connectivity index (χ4n) is 3.65. The average Bonchev–Trinajstić information content (AvgIpc) is 3.08. The number of anilines is 1. The third-order valence-corrected chi connectivity index (χ3v) is 7.29. The van der Waals surface area contributed by atoms with Crippen LogP contribution in [0.15, 0.2) is 29.2 Å². The second-order valence-electron chi connectivity index (χ2n) is 7.76. The number of hydrogen-bond donors (Lipinski definition) is 2. The highest BCUT2D eigenvalue weighted by atomic mass is 32.2. The molecule has 1 saturated heterocycles. The lowest BCUT2D eigenvalue weighted by molar-refractivity contribution is -0.123. The fourth-order valence-corrected chi connectivity index (χ4v) is 5.05. The Labute approximate surface area is 192 Å². The number of benzene rings is 1. The van der Waals surface area contributed by atoms with Crippen LogP contribution in [0.3, 0.4) is 0 Å². The van der Waals surface area contributed by atoms with E-state index in [9.17, 15) is 22.8 Å². The summed E-state index contributed by atoms with van der Waals surface area (Å²) >= 11 is 0. The number of carbonyl (C=O) groups excluding carboxylic acids is 3. The Kier molecular flexibility index (Phi) is 7.35. The van der Waals surface area contributed by atoms with E-state index in [1.54, 1.807) is 13.8 Å². The maximum atomic E-state index is 12.7. The molecule has 1 aliphatic rings. The molecule has 1 amide bonds. The van der Waals surface area contributed by atoms with Crippen LogP contribution in [0.4, 0.5) is 5.69 Å². The summed E-state index contributed by atoms with van der Waals surface area (Å²) in [7, 11) is -3.64. The van der Waals surface area contributed by atoms with Gasteiger partial charge in [0.15, 0.2) is 11.9 Å². The number of ketones is 1. The molecule has 1 aromatic carbocycles. The Morgan fingerprint density at radius 3 is 2.27 bits per heavy atom. The molecule has 10 nitrogen and oxygen atoms in total. The molecule has 0 radical (unpaired) electrons. The van der Waals surface area contributed by atoms with Crippen molar-refractivity contribution in [3.8, 4) is 0 Å². The van der Waals surface area contributed by atoms with Gasteiger partial charge in [-0.3, -0.25) is 9.59 Å². The van der Waals surface area contributed by atoms with E-state index in [2.05, 4.69) is 10.3 Å². The Balaban J connectivity index is 1.63. The molecular formula is C22H27N3O7S. The van der Waals surface area contributed by atoms with E-state index >= 15 is 0 Å². The molecule has 1 aliphatic heterocycles. The largest absolute Gasteiger partial charge is 0.448 e. The smallest absolute Gasteiger partial charge is 0.355 e. The van der Waals surface area contributed by atoms with Crippen LogP contribution in [0.5, 0.6) is 0 Å². The molecular weight excluding hydrogens is 450 g/mol. The Morgan fingerprint density at radius 2 is 1.73 bits per heavy atom. The van der Waals surface area contributed by atoms with Crippen LogP contribution in [0, 0.1) is 13.8 Å². The van der Waals surface area contributed by atoms with Gasteiger partial charge in [0.1, 0.15) is 5.69 Å². The lowest BCUT2D eigenvalue weighted by Crippen LogP contribution is -2.40. The van der Waals surface area contributed by atoms with Gasteiger partial charge in [-0.1, -0.05) is 0 Å². The van der Waals surface area contributed by atoms with Crippen molar-refractivity contribution < 1.29 is 32.3 Å². The zero-order valence-electron chi connectivity index (χ0n) is 18.9. The quantitative estimate of drug-likeness (QED) is 0.460. The number of ether oxygens (including phenoxy) is 2. The summed E-state index contributed by atoms with van der Waals surface area (Å²) in [5, 5.41) is 2.60. The number of sulfonamides is 1. The van der Waals surface area contributed by atoms with Gasteiger partial charge in [-0.05, 0) is 57.5 Å². The average molecular weight is 478 g/mol. The number of carbonyl (C=O) groups is 3. The summed E-state index contributed by atoms with van der Waals surface area (Å²) in [5.74, 6) is -1.51. The predicted octanol–water partition coefficient (Wildman–Crippen LogP) is 2.04. The lowest BCUT2D eigenvalue weighted by Gasteiger charge is -2.26. The summed E-state index contributed by atoms with van der Waals surface area (Å²) in [5.41, 5.74) is 1.92. The van der Waals surface area contributed by atoms with Gasteiger partial charge in [0.2, 0.25) is 10.0 Å². The molecule has 178 valence electrons. The van der Waals surface area contributed by atoms with Gasteiger partial charge in [-0.15, -0.1) is 0 Å². The summed E-state index contributed by atoms with van der Waals surface area (Å²) in [6.07, 6.45) is -1.13. The molecule has 2 heterocycles. The number of Topliss-reactive ketones (excluding diaryl/α,β-unsaturated/α-hetero) is 1. The van der Waals surface area contributed by atoms with Crippen molar-refractivity contribution in [2.45, 2.75) is 38.7 Å². The number of aryl methyl sites for hydroxylation is 1. The Morgan fingerprint density at radius 1 is 1.12 bits per heavy atom. The molecule has 2 N–H and O–H groups in total. The van der Waals surface area contributed by atoms with E-state index in [4.69, 9.17) is 9.47 Å². The SMILES string of the molecule is CC(=O)c1c(C)[nH]c(C(=O)O[C@H](C)C(=O)Nc2ccc(S(=O)(=O)N3CCOCC3)cc2)c1C. The summed E-state index contributed by atoms with van der Waals surface area (Å²) < 4.78 is 37.2. The highest BCUT2D eigenvalue weighted by Crippen LogP contribution is 2.21. The van der Waals surface area contributed by atoms with E-state index in [1.807, 2.05) is 0 Å². The van der Waals surface area contributed by atoms with Crippen LogP contribution >= 0.6 is 0 Å². The number of hydrogen-bond acceptors (Lipinski definition) is 7. The molecule has 0 unspecified atom stereocenters. The minimum atomic E-state index is -3.64. The van der Waals surface area contributed by atoms with Gasteiger partial charge in [0, 0.05) is 30.0 Å². The molecule has 3 rings (SSSR count). The third kappa shape index (κ3) is 5.32. The molecule has 11 heteroatoms. The van der Waals surface area contributed by atoms with Gasteiger partial charge in [-0.2, -0.15) is 4.31 Å². The maximum Gasteiger partial charge on any atom is 0.355 e. The first-order chi connectivity index (χ1) is 15.5. The van der Waals surface area contributed by atoms with E-state index in [0.29, 0.717) is 35.7 Å². The van der Waals surface area contributed by atoms with Gasteiger partial charge in [0.25, 0.3) is 5.91 Å². The minimum absolute atomic E-state index is 0.112. The molecule has 2 aromatic rings. The number of morpholine rings is 1. The van der Waals surface area contributed by atoms with Crippen molar-refractivity contribution in [1.82, 2.24) is 9.29 Å². The minimum Gasteiger partial charge on any atom is -0.448 e. The van der Waals surface area contributed by atoms with Crippen molar-refractivity contribution in [3.63, 3.8) is 0 Å². The number of nitrogens with zero attached hydrogens (tertiary/aromatic N) is 1. The monoisotopic (exact) mass is 477 g/mol. The van der Waals surface area contributed by atoms with Crippen LogP contribution in [-0.4, -0.2) is 67.8 Å². The number of nitrogens with one attached hydrogen (secondary N) is 2. The predicted molar refractivity (Wildman–Crippen MR) is 120 cm³/mol. The lowest BCUT2D eigenvalue weighted by atomic mass is 10.1. The first kappa shape index (κ1) is 24.6. The molecule has 0 spiro atoms. The molecule has 33 heavy (non-hydrogen) atoms. The Hall–Kier alpha value is -3.02. The van der Waals surface area contributed by atoms with Crippen molar-refractivity contribution in [1.29, 1.82) is 0 Å². The van der Waals surface area contributed by atoms with Crippen molar-refractivity contribution in [2.24, 2.45) is 0 Å². The topological polar surface area (TPSA) is 135 Å². The molecule has 1 aromatic heterocycles. The number of rotatable bonds is 7. The van der Waals surface area contributed by atoms with Gasteiger partial charge < -0.3 is 19.8 Å². The number of H-pyrrole nitrogens is 1. The third-order valence-electron chi connectivity index (χ3n) is 5.38. The molecule has 0 bridgehead atoms. The summed E-state index contributed by atoms with van der Waals surface area (Å²) in [6.45, 7) is 7.42. The van der Waals surface area contributed by atoms with Crippen LogP contribution in [0.1, 0.15) is 46.0 Å². The van der Waals surface area contributed by atoms with Gasteiger partial charge in [-0.25, -0.2) is 13.2 Å². The van der Waals surface area contributed by atoms with Gasteiger partial charge in [0.05, 0.1) is 18.1 Å². The zero-order chi connectivity index (χ0) is 24.3. The summed E-state index contributed by atoms with van der Waals surface area (Å²) in [4.78, 5) is 39.7.